The van der Waals surface area contributed by atoms with Gasteiger partial charge in [0.25, 0.3) is 0 Å². The fourth-order valence-electron chi connectivity index (χ4n) is 2.46. The van der Waals surface area contributed by atoms with Gasteiger partial charge in [0.15, 0.2) is 5.78 Å². The number of hydrogen-bond donors (Lipinski definition) is 0. The highest BCUT2D eigenvalue weighted by molar-refractivity contribution is 6.01. The molecule has 2 heteroatoms. The Morgan fingerprint density at radius 3 is 2.81 bits per heavy atom. The van der Waals surface area contributed by atoms with Crippen LogP contribution < -0.4 is 0 Å². The van der Waals surface area contributed by atoms with Gasteiger partial charge in [-0.15, -0.1) is 0 Å². The summed E-state index contributed by atoms with van der Waals surface area (Å²) >= 11 is 0. The van der Waals surface area contributed by atoms with E-state index in [-0.39, 0.29) is 0 Å². The van der Waals surface area contributed by atoms with E-state index in [4.69, 9.17) is 0 Å². The smallest absolute Gasteiger partial charge is 0.163 e. The normalized spacial score (nSPS) is 23.4. The van der Waals surface area contributed by atoms with E-state index in [9.17, 15) is 4.79 Å². The molecule has 0 spiro atoms. The van der Waals surface area contributed by atoms with Crippen LogP contribution in [0, 0.1) is 0 Å². The highest BCUT2D eigenvalue weighted by Crippen LogP contribution is 2.33. The van der Waals surface area contributed by atoms with Crippen LogP contribution in [0.4, 0.5) is 0 Å². The molecule has 2 nitrogen and oxygen atoms in total. The molecule has 0 atom stereocenters. The fourth-order valence-corrected chi connectivity index (χ4v) is 2.46. The molecule has 0 aromatic rings. The first kappa shape index (κ1) is 11.2. The summed E-state index contributed by atoms with van der Waals surface area (Å²) in [6.07, 6.45) is 11.3. The fraction of sp³-hybridized carbons (Fsp3) is 0.500. The average Bonchev–Trinajstić information content (AvgIpc) is 2.41. The molecule has 0 fully saturated rings. The number of nitrogens with zero attached hydrogens (tertiary/aromatic N) is 1. The minimum absolute atomic E-state index is 0.334. The lowest BCUT2D eigenvalue weighted by molar-refractivity contribution is -0.115. The highest BCUT2D eigenvalue weighted by atomic mass is 16.1. The molecule has 0 bridgehead atoms. The molecule has 0 radical (unpaired) electrons. The molecule has 0 unspecified atom stereocenters. The van der Waals surface area contributed by atoms with Crippen molar-refractivity contribution in [3.8, 4) is 0 Å². The molecular weight excluding hydrogens is 198 g/mol. The molecule has 2 rings (SSSR count). The van der Waals surface area contributed by atoms with Crippen LogP contribution in [0.15, 0.2) is 35.1 Å². The van der Waals surface area contributed by atoms with Gasteiger partial charge in [-0.3, -0.25) is 4.79 Å². The lowest BCUT2D eigenvalue weighted by Crippen LogP contribution is -2.14. The van der Waals surface area contributed by atoms with Crippen molar-refractivity contribution in [2.45, 2.75) is 32.1 Å². The third kappa shape index (κ3) is 2.26. The molecule has 0 amide bonds. The second-order valence-corrected chi connectivity index (χ2v) is 4.74. The van der Waals surface area contributed by atoms with Gasteiger partial charge in [0.1, 0.15) is 0 Å². The van der Waals surface area contributed by atoms with Gasteiger partial charge < -0.3 is 4.90 Å². The standard InChI is InChI=1S/C14H19NO/c1-15(2)10-12-7-4-3-6-11-8-5-9-13(16)14(11)12/h4,7,10H,3,5-6,8-9H2,1-2H3. The Labute approximate surface area is 97.3 Å². The van der Waals surface area contributed by atoms with E-state index in [1.54, 1.807) is 0 Å². The molecule has 0 saturated carbocycles. The van der Waals surface area contributed by atoms with Crippen molar-refractivity contribution >= 4 is 5.78 Å². The summed E-state index contributed by atoms with van der Waals surface area (Å²) < 4.78 is 0. The zero-order chi connectivity index (χ0) is 11.5. The molecule has 0 aromatic heterocycles. The summed E-state index contributed by atoms with van der Waals surface area (Å²) in [6, 6.07) is 0. The van der Waals surface area contributed by atoms with Crippen LogP contribution in [-0.4, -0.2) is 24.8 Å². The molecule has 16 heavy (non-hydrogen) atoms. The summed E-state index contributed by atoms with van der Waals surface area (Å²) in [5, 5.41) is 0. The van der Waals surface area contributed by atoms with Crippen LogP contribution in [0.25, 0.3) is 0 Å². The van der Waals surface area contributed by atoms with Crippen molar-refractivity contribution in [2.24, 2.45) is 0 Å². The van der Waals surface area contributed by atoms with Crippen molar-refractivity contribution in [1.29, 1.82) is 0 Å². The van der Waals surface area contributed by atoms with Gasteiger partial charge in [-0.25, -0.2) is 0 Å². The molecule has 0 aliphatic heterocycles. The van der Waals surface area contributed by atoms with Crippen LogP contribution in [-0.2, 0) is 4.79 Å². The molecule has 0 N–H and O–H groups in total. The summed E-state index contributed by atoms with van der Waals surface area (Å²) in [7, 11) is 4.00. The molecular formula is C14H19NO. The Balaban J connectivity index is 2.44. The summed E-state index contributed by atoms with van der Waals surface area (Å²) in [6.45, 7) is 0. The predicted octanol–water partition coefficient (Wildman–Crippen LogP) is 2.83. The van der Waals surface area contributed by atoms with E-state index >= 15 is 0 Å². The Morgan fingerprint density at radius 2 is 2.06 bits per heavy atom. The molecule has 2 aliphatic rings. The van der Waals surface area contributed by atoms with E-state index in [1.807, 2.05) is 19.0 Å². The quantitative estimate of drug-likeness (QED) is 0.673. The van der Waals surface area contributed by atoms with Gasteiger partial charge in [-0.05, 0) is 25.7 Å². The zero-order valence-corrected chi connectivity index (χ0v) is 10.1. The minimum Gasteiger partial charge on any atom is -0.383 e. The van der Waals surface area contributed by atoms with Crippen molar-refractivity contribution in [1.82, 2.24) is 4.90 Å². The van der Waals surface area contributed by atoms with Crippen LogP contribution in [0.2, 0.25) is 0 Å². The van der Waals surface area contributed by atoms with Gasteiger partial charge in [-0.2, -0.15) is 0 Å². The molecule has 0 heterocycles. The van der Waals surface area contributed by atoms with E-state index in [0.29, 0.717) is 5.78 Å². The Bertz CT molecular complexity index is 386. The maximum atomic E-state index is 12.0. The topological polar surface area (TPSA) is 20.3 Å². The number of ketones is 1. The first-order chi connectivity index (χ1) is 7.68. The maximum absolute atomic E-state index is 12.0. The lowest BCUT2D eigenvalue weighted by Gasteiger charge is -2.19. The Kier molecular flexibility index (Phi) is 3.28. The number of Topliss-reactive ketones (excluding diaryl/α,β-unsaturated/α-hetero) is 1. The van der Waals surface area contributed by atoms with Crippen molar-refractivity contribution in [3.63, 3.8) is 0 Å². The number of carbonyl (C=O) groups excluding carboxylic acids is 1. The summed E-state index contributed by atoms with van der Waals surface area (Å²) in [4.78, 5) is 14.0. The number of rotatable bonds is 1. The Morgan fingerprint density at radius 1 is 1.25 bits per heavy atom. The van der Waals surface area contributed by atoms with Gasteiger partial charge in [0, 0.05) is 37.9 Å². The molecule has 0 saturated heterocycles. The predicted molar refractivity (Wildman–Crippen MR) is 66.0 cm³/mol. The molecule has 2 aliphatic carbocycles. The number of carbonyl (C=O) groups is 1. The van der Waals surface area contributed by atoms with Crippen molar-refractivity contribution < 1.29 is 4.79 Å². The molecule has 0 aromatic carbocycles. The second-order valence-electron chi connectivity index (χ2n) is 4.74. The third-order valence-corrected chi connectivity index (χ3v) is 3.11. The van der Waals surface area contributed by atoms with E-state index in [0.717, 1.165) is 43.3 Å². The monoisotopic (exact) mass is 217 g/mol. The minimum atomic E-state index is 0.334. The van der Waals surface area contributed by atoms with Crippen molar-refractivity contribution in [3.05, 3.63) is 35.1 Å². The van der Waals surface area contributed by atoms with E-state index < -0.39 is 0 Å². The van der Waals surface area contributed by atoms with Gasteiger partial charge in [0.05, 0.1) is 0 Å². The Hall–Kier alpha value is -1.31. The average molecular weight is 217 g/mol. The third-order valence-electron chi connectivity index (χ3n) is 3.11. The second kappa shape index (κ2) is 4.69. The van der Waals surface area contributed by atoms with Gasteiger partial charge in [0.2, 0.25) is 0 Å². The SMILES string of the molecule is CN(C)C=C1C=CCCC2=C1C(=O)CCC2. The van der Waals surface area contributed by atoms with Crippen LogP contribution in [0.1, 0.15) is 32.1 Å². The van der Waals surface area contributed by atoms with Crippen LogP contribution >= 0.6 is 0 Å². The summed E-state index contributed by atoms with van der Waals surface area (Å²) in [5.41, 5.74) is 3.48. The van der Waals surface area contributed by atoms with Crippen LogP contribution in [0.5, 0.6) is 0 Å². The first-order valence-corrected chi connectivity index (χ1v) is 5.99. The number of allylic oxidation sites excluding steroid dienone is 5. The largest absolute Gasteiger partial charge is 0.383 e. The maximum Gasteiger partial charge on any atom is 0.163 e. The van der Waals surface area contributed by atoms with E-state index in [2.05, 4.69) is 18.4 Å². The lowest BCUT2D eigenvalue weighted by atomic mass is 9.86. The zero-order valence-electron chi connectivity index (χ0n) is 10.1. The number of hydrogen-bond acceptors (Lipinski definition) is 2. The van der Waals surface area contributed by atoms with Crippen LogP contribution in [0.3, 0.4) is 0 Å². The van der Waals surface area contributed by atoms with Crippen molar-refractivity contribution in [2.75, 3.05) is 14.1 Å². The summed E-state index contributed by atoms with van der Waals surface area (Å²) in [5.74, 6) is 0.334. The first-order valence-electron chi connectivity index (χ1n) is 5.99. The highest BCUT2D eigenvalue weighted by Gasteiger charge is 2.23. The molecule has 86 valence electrons. The van der Waals surface area contributed by atoms with Gasteiger partial charge in [-0.1, -0.05) is 17.7 Å². The van der Waals surface area contributed by atoms with E-state index in [1.165, 1.54) is 5.57 Å². The van der Waals surface area contributed by atoms with Gasteiger partial charge >= 0.3 is 0 Å².